The lowest BCUT2D eigenvalue weighted by Gasteiger charge is -2.40. The highest BCUT2D eigenvalue weighted by Gasteiger charge is 2.61. The van der Waals surface area contributed by atoms with Crippen LogP contribution >= 0.6 is 11.5 Å². The molecule has 2 bridgehead atoms. The number of amides is 2. The topological polar surface area (TPSA) is 56.8 Å². The molecule has 2 amide bonds. The first-order valence-electron chi connectivity index (χ1n) is 13.8. The Labute approximate surface area is 211 Å². The predicted octanol–water partition coefficient (Wildman–Crippen LogP) is 4.26. The van der Waals surface area contributed by atoms with E-state index in [2.05, 4.69) is 34.1 Å². The second-order valence-corrected chi connectivity index (χ2v) is 12.6. The first-order valence-corrected chi connectivity index (χ1v) is 14.6. The van der Waals surface area contributed by atoms with Crippen molar-refractivity contribution < 1.29 is 9.59 Å². The molecule has 1 aromatic heterocycles. The number of aromatic nitrogens is 1. The van der Waals surface area contributed by atoms with Gasteiger partial charge in [-0.05, 0) is 79.4 Å². The second-order valence-electron chi connectivity index (χ2n) is 11.8. The quantitative estimate of drug-likeness (QED) is 0.584. The lowest BCUT2D eigenvalue weighted by atomic mass is 9.78. The van der Waals surface area contributed by atoms with E-state index in [1.165, 1.54) is 29.3 Å². The van der Waals surface area contributed by atoms with Gasteiger partial charge in [-0.15, -0.1) is 0 Å². The Bertz CT molecular complexity index is 1100. The van der Waals surface area contributed by atoms with Crippen molar-refractivity contribution in [3.63, 3.8) is 0 Å². The van der Waals surface area contributed by atoms with Gasteiger partial charge in [-0.3, -0.25) is 19.4 Å². The van der Waals surface area contributed by atoms with Crippen LogP contribution in [0.25, 0.3) is 10.1 Å². The molecule has 0 spiro atoms. The number of anilines is 1. The summed E-state index contributed by atoms with van der Waals surface area (Å²) in [5.74, 6) is 3.59. The van der Waals surface area contributed by atoms with E-state index >= 15 is 0 Å². The maximum Gasteiger partial charge on any atom is 0.233 e. The summed E-state index contributed by atoms with van der Waals surface area (Å²) < 4.78 is 6.02. The van der Waals surface area contributed by atoms with Gasteiger partial charge in [-0.1, -0.05) is 25.0 Å². The number of fused-ring (bicyclic) bond motifs is 6. The standard InChI is InChI=1S/C28H36N4O2S/c33-27-24-18-9-10-19(15-18)25(24)28(34)32(27)17-21-6-2-1-5-20(21)16-30-11-13-31(14-12-30)26-22-7-3-4-8-23(22)35-29-26/h3-4,7-8,18-21,24-25H,1-2,5-6,9-17H2/t18-,19?,20-,21+,24+,25-/m1/s1. The van der Waals surface area contributed by atoms with E-state index in [1.807, 2.05) is 0 Å². The Balaban J connectivity index is 0.986. The Hall–Kier alpha value is -1.99. The fourth-order valence-electron chi connectivity index (χ4n) is 8.22. The van der Waals surface area contributed by atoms with Gasteiger partial charge in [-0.2, -0.15) is 4.37 Å². The summed E-state index contributed by atoms with van der Waals surface area (Å²) in [4.78, 5) is 33.4. The summed E-state index contributed by atoms with van der Waals surface area (Å²) in [6, 6.07) is 8.54. The number of imide groups is 1. The molecule has 3 saturated carbocycles. The van der Waals surface area contributed by atoms with Crippen LogP contribution in [0.3, 0.4) is 0 Å². The number of carbonyl (C=O) groups excluding carboxylic acids is 2. The highest BCUT2D eigenvalue weighted by Crippen LogP contribution is 2.56. The molecule has 6 nitrogen and oxygen atoms in total. The third-order valence-electron chi connectivity index (χ3n) is 10.0. The normalized spacial score (nSPS) is 35.4. The van der Waals surface area contributed by atoms with Gasteiger partial charge in [0.1, 0.15) is 5.82 Å². The van der Waals surface area contributed by atoms with Crippen LogP contribution in [0, 0.1) is 35.5 Å². The van der Waals surface area contributed by atoms with Crippen molar-refractivity contribution in [3.8, 4) is 0 Å². The molecule has 1 unspecified atom stereocenters. The van der Waals surface area contributed by atoms with Crippen molar-refractivity contribution in [1.29, 1.82) is 0 Å². The molecule has 2 saturated heterocycles. The molecule has 2 aliphatic heterocycles. The minimum atomic E-state index is 0.0261. The number of carbonyl (C=O) groups is 2. The van der Waals surface area contributed by atoms with Gasteiger partial charge in [0.05, 0.1) is 16.5 Å². The molecule has 5 aliphatic rings. The predicted molar refractivity (Wildman–Crippen MR) is 138 cm³/mol. The zero-order chi connectivity index (χ0) is 23.5. The summed E-state index contributed by atoms with van der Waals surface area (Å²) in [6.07, 6.45) is 8.35. The van der Waals surface area contributed by atoms with Crippen LogP contribution in [-0.2, 0) is 9.59 Å². The van der Waals surface area contributed by atoms with E-state index in [-0.39, 0.29) is 23.7 Å². The maximum atomic E-state index is 13.3. The van der Waals surface area contributed by atoms with Crippen LogP contribution in [0.4, 0.5) is 5.82 Å². The number of nitrogens with zero attached hydrogens (tertiary/aromatic N) is 4. The van der Waals surface area contributed by atoms with Gasteiger partial charge < -0.3 is 4.90 Å². The molecule has 3 heterocycles. The Morgan fingerprint density at radius 1 is 0.829 bits per heavy atom. The van der Waals surface area contributed by atoms with Crippen LogP contribution in [0.2, 0.25) is 0 Å². The van der Waals surface area contributed by atoms with Crippen molar-refractivity contribution in [2.75, 3.05) is 44.2 Å². The average Bonchev–Trinajstić information content (AvgIpc) is 3.66. The molecule has 7 rings (SSSR count). The van der Waals surface area contributed by atoms with Crippen LogP contribution < -0.4 is 4.90 Å². The minimum absolute atomic E-state index is 0.0261. The summed E-state index contributed by atoms with van der Waals surface area (Å²) >= 11 is 1.60. The van der Waals surface area contributed by atoms with E-state index < -0.39 is 0 Å². The molecule has 186 valence electrons. The van der Waals surface area contributed by atoms with E-state index in [1.54, 1.807) is 16.4 Å². The zero-order valence-electron chi connectivity index (χ0n) is 20.5. The van der Waals surface area contributed by atoms with Crippen LogP contribution in [-0.4, -0.2) is 65.3 Å². The highest BCUT2D eigenvalue weighted by atomic mass is 32.1. The second kappa shape index (κ2) is 8.84. The van der Waals surface area contributed by atoms with Crippen molar-refractivity contribution in [1.82, 2.24) is 14.2 Å². The van der Waals surface area contributed by atoms with Crippen molar-refractivity contribution in [3.05, 3.63) is 24.3 Å². The number of hydrogen-bond donors (Lipinski definition) is 0. The van der Waals surface area contributed by atoms with Gasteiger partial charge in [0.2, 0.25) is 11.8 Å². The summed E-state index contributed by atoms with van der Waals surface area (Å²) in [5.41, 5.74) is 0. The molecule has 7 heteroatoms. The lowest BCUT2D eigenvalue weighted by molar-refractivity contribution is -0.142. The van der Waals surface area contributed by atoms with Crippen molar-refractivity contribution >= 4 is 39.3 Å². The first kappa shape index (κ1) is 22.2. The fraction of sp³-hybridized carbons (Fsp3) is 0.679. The third kappa shape index (κ3) is 3.72. The molecule has 35 heavy (non-hydrogen) atoms. The lowest BCUT2D eigenvalue weighted by Crippen LogP contribution is -2.49. The Morgan fingerprint density at radius 3 is 2.20 bits per heavy atom. The zero-order valence-corrected chi connectivity index (χ0v) is 21.3. The average molecular weight is 493 g/mol. The first-order chi connectivity index (χ1) is 17.2. The van der Waals surface area contributed by atoms with Crippen LogP contribution in [0.15, 0.2) is 24.3 Å². The highest BCUT2D eigenvalue weighted by molar-refractivity contribution is 7.13. The molecule has 0 N–H and O–H groups in total. The molecular formula is C28H36N4O2S. The number of rotatable bonds is 5. The monoisotopic (exact) mass is 492 g/mol. The minimum Gasteiger partial charge on any atom is -0.353 e. The number of likely N-dealkylation sites (tertiary alicyclic amines) is 1. The summed E-state index contributed by atoms with van der Waals surface area (Å²) in [5, 5.41) is 1.27. The van der Waals surface area contributed by atoms with Gasteiger partial charge in [-0.25, -0.2) is 0 Å². The molecular weight excluding hydrogens is 456 g/mol. The van der Waals surface area contributed by atoms with Crippen LogP contribution in [0.5, 0.6) is 0 Å². The van der Waals surface area contributed by atoms with Crippen molar-refractivity contribution in [2.45, 2.75) is 44.9 Å². The van der Waals surface area contributed by atoms with E-state index in [0.717, 1.165) is 64.2 Å². The van der Waals surface area contributed by atoms with E-state index in [9.17, 15) is 9.59 Å². The Kier molecular flexibility index (Phi) is 5.61. The molecule has 2 aromatic rings. The molecule has 5 fully saturated rings. The summed E-state index contributed by atoms with van der Waals surface area (Å²) in [7, 11) is 0. The number of benzene rings is 1. The molecule has 3 aliphatic carbocycles. The molecule has 6 atom stereocenters. The Morgan fingerprint density at radius 2 is 1.49 bits per heavy atom. The van der Waals surface area contributed by atoms with Gasteiger partial charge >= 0.3 is 0 Å². The largest absolute Gasteiger partial charge is 0.353 e. The van der Waals surface area contributed by atoms with E-state index in [4.69, 9.17) is 4.37 Å². The van der Waals surface area contributed by atoms with Gasteiger partial charge in [0.25, 0.3) is 0 Å². The molecule has 1 aromatic carbocycles. The SMILES string of the molecule is O=C1[C@H]2[C@@H]3CCC(C3)[C@H]2C(=O)N1C[C@@H]1CCCC[C@@H]1CN1CCN(c2nsc3ccccc23)CC1. The van der Waals surface area contributed by atoms with Gasteiger partial charge in [0, 0.05) is 44.7 Å². The maximum absolute atomic E-state index is 13.3. The summed E-state index contributed by atoms with van der Waals surface area (Å²) in [6.45, 7) is 5.93. The number of hydrogen-bond acceptors (Lipinski definition) is 6. The fourth-order valence-corrected chi connectivity index (χ4v) is 9.02. The van der Waals surface area contributed by atoms with Gasteiger partial charge in [0.15, 0.2) is 0 Å². The smallest absolute Gasteiger partial charge is 0.233 e. The molecule has 0 radical (unpaired) electrons. The van der Waals surface area contributed by atoms with Crippen molar-refractivity contribution in [2.24, 2.45) is 35.5 Å². The number of piperazine rings is 1. The van der Waals surface area contributed by atoms with E-state index in [0.29, 0.717) is 30.2 Å². The third-order valence-corrected chi connectivity index (χ3v) is 10.8. The van der Waals surface area contributed by atoms with Crippen LogP contribution in [0.1, 0.15) is 44.9 Å².